The minimum Gasteiger partial charge on any atom is -0.494 e. The Kier molecular flexibility index (Phi) is 20.8. The highest BCUT2D eigenvalue weighted by Crippen LogP contribution is 2.35. The molecule has 8 heteroatoms. The maximum absolute atomic E-state index is 14.7. The molecule has 0 radical (unpaired) electrons. The van der Waals surface area contributed by atoms with E-state index in [2.05, 4.69) is 49.6 Å². The lowest BCUT2D eigenvalue weighted by molar-refractivity contribution is -0.137. The first kappa shape index (κ1) is 47.0. The van der Waals surface area contributed by atoms with Crippen LogP contribution < -0.4 is 18.9 Å². The zero-order valence-electron chi connectivity index (χ0n) is 36.3. The molecule has 6 nitrogen and oxygen atoms in total. The topological polar surface area (TPSA) is 63.2 Å². The van der Waals surface area contributed by atoms with E-state index in [9.17, 15) is 13.6 Å². The first-order valence-electron chi connectivity index (χ1n) is 22.9. The number of hydrogen-bond donors (Lipinski definition) is 0. The molecule has 0 bridgehead atoms. The van der Waals surface area contributed by atoms with Crippen LogP contribution in [0.15, 0.2) is 85.5 Å². The fourth-order valence-corrected chi connectivity index (χ4v) is 7.86. The second-order valence-electron chi connectivity index (χ2n) is 16.3. The Balaban J connectivity index is 0.900. The smallest absolute Gasteiger partial charge is 0.330 e. The van der Waals surface area contributed by atoms with Gasteiger partial charge in [0.2, 0.25) is 11.6 Å². The zero-order valence-corrected chi connectivity index (χ0v) is 36.3. The van der Waals surface area contributed by atoms with Gasteiger partial charge in [0.25, 0.3) is 0 Å². The van der Waals surface area contributed by atoms with E-state index in [0.29, 0.717) is 33.0 Å². The van der Waals surface area contributed by atoms with E-state index in [4.69, 9.17) is 23.7 Å². The molecule has 1 aliphatic carbocycles. The van der Waals surface area contributed by atoms with Crippen LogP contribution in [-0.2, 0) is 9.53 Å². The van der Waals surface area contributed by atoms with Crippen molar-refractivity contribution in [2.24, 2.45) is 11.8 Å². The van der Waals surface area contributed by atoms with Crippen molar-refractivity contribution in [3.63, 3.8) is 0 Å². The molecular formula is C53H66F2O6. The van der Waals surface area contributed by atoms with Crippen LogP contribution in [-0.4, -0.2) is 39.0 Å². The Hall–Kier alpha value is -5.03. The third-order valence-corrected chi connectivity index (χ3v) is 11.5. The summed E-state index contributed by atoms with van der Waals surface area (Å²) in [5.74, 6) is 7.33. The molecule has 61 heavy (non-hydrogen) atoms. The quantitative estimate of drug-likeness (QED) is 0.0258. The molecule has 0 saturated heterocycles. The summed E-state index contributed by atoms with van der Waals surface area (Å²) in [6.45, 7) is 8.03. The average molecular weight is 837 g/mol. The van der Waals surface area contributed by atoms with Crippen LogP contribution in [0.2, 0.25) is 0 Å². The number of halogens is 2. The highest BCUT2D eigenvalue weighted by atomic mass is 19.2. The molecule has 4 aromatic carbocycles. The molecule has 328 valence electrons. The third kappa shape index (κ3) is 17.1. The summed E-state index contributed by atoms with van der Waals surface area (Å²) >= 11 is 0. The summed E-state index contributed by atoms with van der Waals surface area (Å²) in [5, 5.41) is 2.20. The number of ether oxygens (including phenoxy) is 5. The lowest BCUT2D eigenvalue weighted by Crippen LogP contribution is -2.15. The van der Waals surface area contributed by atoms with E-state index < -0.39 is 11.6 Å². The average Bonchev–Trinajstić information content (AvgIpc) is 3.28. The number of fused-ring (bicyclic) bond motifs is 1. The predicted octanol–water partition coefficient (Wildman–Crippen LogP) is 13.8. The number of unbranched alkanes of at least 4 members (excludes halogenated alkanes) is 8. The van der Waals surface area contributed by atoms with Gasteiger partial charge in [-0.05, 0) is 147 Å². The first-order chi connectivity index (χ1) is 29.9. The summed E-state index contributed by atoms with van der Waals surface area (Å²) in [5.41, 5.74) is 1.84. The van der Waals surface area contributed by atoms with Crippen LogP contribution in [0.1, 0.15) is 134 Å². The minimum absolute atomic E-state index is 0.0431. The van der Waals surface area contributed by atoms with Crippen LogP contribution in [0.5, 0.6) is 23.0 Å². The normalized spacial score (nSPS) is 14.8. The van der Waals surface area contributed by atoms with Gasteiger partial charge in [-0.15, -0.1) is 0 Å². The Morgan fingerprint density at radius 2 is 1.07 bits per heavy atom. The third-order valence-electron chi connectivity index (χ3n) is 11.5. The Labute approximate surface area is 363 Å². The molecule has 1 aliphatic rings. The molecule has 0 aliphatic heterocycles. The van der Waals surface area contributed by atoms with Gasteiger partial charge in [0.1, 0.15) is 11.5 Å². The molecule has 0 heterocycles. The van der Waals surface area contributed by atoms with E-state index in [0.717, 1.165) is 109 Å². The number of benzene rings is 4. The van der Waals surface area contributed by atoms with Crippen LogP contribution in [0.3, 0.4) is 0 Å². The fourth-order valence-electron chi connectivity index (χ4n) is 7.86. The lowest BCUT2D eigenvalue weighted by atomic mass is 9.78. The van der Waals surface area contributed by atoms with Crippen LogP contribution in [0, 0.1) is 35.3 Å². The van der Waals surface area contributed by atoms with Gasteiger partial charge >= 0.3 is 5.97 Å². The van der Waals surface area contributed by atoms with Gasteiger partial charge in [0.15, 0.2) is 11.5 Å². The highest BCUT2D eigenvalue weighted by molar-refractivity contribution is 5.85. The van der Waals surface area contributed by atoms with Crippen molar-refractivity contribution in [3.8, 4) is 34.8 Å². The van der Waals surface area contributed by atoms with E-state index in [1.807, 2.05) is 36.4 Å². The predicted molar refractivity (Wildman–Crippen MR) is 242 cm³/mol. The molecule has 1 fully saturated rings. The minimum atomic E-state index is -0.984. The first-order valence-corrected chi connectivity index (χ1v) is 22.9. The van der Waals surface area contributed by atoms with Gasteiger partial charge in [0.05, 0.1) is 33.0 Å². The van der Waals surface area contributed by atoms with Crippen LogP contribution in [0.4, 0.5) is 8.78 Å². The summed E-state index contributed by atoms with van der Waals surface area (Å²) in [6, 6.07) is 23.0. The van der Waals surface area contributed by atoms with Crippen molar-refractivity contribution in [2.75, 3.05) is 33.0 Å². The number of carbonyl (C=O) groups excluding carboxylic acids is 1. The van der Waals surface area contributed by atoms with Gasteiger partial charge in [-0.1, -0.05) is 88.8 Å². The van der Waals surface area contributed by atoms with Crippen LogP contribution >= 0.6 is 0 Å². The molecule has 5 rings (SSSR count). The molecule has 0 aromatic heterocycles. The van der Waals surface area contributed by atoms with E-state index >= 15 is 0 Å². The van der Waals surface area contributed by atoms with Crippen molar-refractivity contribution < 1.29 is 37.3 Å². The molecule has 0 atom stereocenters. The molecule has 1 saturated carbocycles. The Bertz CT molecular complexity index is 1970. The number of hydrogen-bond acceptors (Lipinski definition) is 6. The Morgan fingerprint density at radius 1 is 0.574 bits per heavy atom. The van der Waals surface area contributed by atoms with Gasteiger partial charge in [-0.25, -0.2) is 4.79 Å². The largest absolute Gasteiger partial charge is 0.494 e. The summed E-state index contributed by atoms with van der Waals surface area (Å²) in [6.07, 6.45) is 20.9. The molecule has 0 amide bonds. The fraction of sp³-hybridized carbons (Fsp3) is 0.491. The summed E-state index contributed by atoms with van der Waals surface area (Å²) in [4.78, 5) is 11.1. The van der Waals surface area contributed by atoms with E-state index in [1.54, 1.807) is 0 Å². The summed E-state index contributed by atoms with van der Waals surface area (Å²) in [7, 11) is 0. The van der Waals surface area contributed by atoms with Gasteiger partial charge in [-0.3, -0.25) is 0 Å². The Morgan fingerprint density at radius 3 is 1.69 bits per heavy atom. The maximum atomic E-state index is 14.7. The monoisotopic (exact) mass is 836 g/mol. The van der Waals surface area contributed by atoms with Crippen molar-refractivity contribution in [1.29, 1.82) is 0 Å². The number of esters is 1. The van der Waals surface area contributed by atoms with Crippen molar-refractivity contribution in [2.45, 2.75) is 122 Å². The number of rotatable bonds is 27. The van der Waals surface area contributed by atoms with Crippen molar-refractivity contribution >= 4 is 16.7 Å². The second-order valence-corrected chi connectivity index (χ2v) is 16.3. The summed E-state index contributed by atoms with van der Waals surface area (Å²) < 4.78 is 57.6. The molecular weight excluding hydrogens is 771 g/mol. The van der Waals surface area contributed by atoms with Crippen LogP contribution in [0.25, 0.3) is 10.8 Å². The highest BCUT2D eigenvalue weighted by Gasteiger charge is 2.21. The molecule has 0 unspecified atom stereocenters. The SMILES string of the molecule is C=CC(=O)OCCCCCCOc1ccc2cc(C#Cc3ccc(OCCCCCCOc4ccc(OCCCC5CCC(CCCCC)CC5)c(F)c4F)cc3)ccc2c1. The van der Waals surface area contributed by atoms with Gasteiger partial charge < -0.3 is 23.7 Å². The maximum Gasteiger partial charge on any atom is 0.330 e. The van der Waals surface area contributed by atoms with Gasteiger partial charge in [0, 0.05) is 17.2 Å². The van der Waals surface area contributed by atoms with Gasteiger partial charge in [-0.2, -0.15) is 8.78 Å². The zero-order chi connectivity index (χ0) is 42.9. The standard InChI is InChI=1S/C53H66F2O6/c1-3-5-10-16-41-18-20-42(21-19-41)17-15-38-60-50-33-32-49(52(54)53(50)55)59-36-13-8-6-11-34-57-47-29-25-43(26-30-47)22-23-44-24-27-46-40-48(31-28-45(46)39-44)58-35-12-7-9-14-37-61-51(56)4-2/h4,24-33,39-42H,2-3,5-21,34-38H2,1H3. The molecule has 0 N–H and O–H groups in total. The van der Waals surface area contributed by atoms with E-state index in [-0.39, 0.29) is 17.5 Å². The lowest BCUT2D eigenvalue weighted by Gasteiger charge is -2.28. The molecule has 4 aromatic rings. The second kappa shape index (κ2) is 27.0. The number of carbonyl (C=O) groups is 1. The molecule has 0 spiro atoms. The van der Waals surface area contributed by atoms with Crippen molar-refractivity contribution in [3.05, 3.63) is 108 Å². The van der Waals surface area contributed by atoms with E-state index in [1.165, 1.54) is 69.6 Å². The van der Waals surface area contributed by atoms with Crippen molar-refractivity contribution in [1.82, 2.24) is 0 Å².